The summed E-state index contributed by atoms with van der Waals surface area (Å²) in [6.07, 6.45) is 7.21. The van der Waals surface area contributed by atoms with Crippen LogP contribution >= 0.6 is 0 Å². The maximum atomic E-state index is 4.45. The first kappa shape index (κ1) is 11.9. The van der Waals surface area contributed by atoms with Gasteiger partial charge in [-0.05, 0) is 37.3 Å². The molecule has 1 aromatic rings. The van der Waals surface area contributed by atoms with E-state index in [1.54, 1.807) is 0 Å². The molecule has 90 valence electrons. The molecule has 0 amide bonds. The van der Waals surface area contributed by atoms with Gasteiger partial charge < -0.3 is 5.32 Å². The van der Waals surface area contributed by atoms with Gasteiger partial charge in [0.25, 0.3) is 0 Å². The van der Waals surface area contributed by atoms with E-state index in [0.717, 1.165) is 12.3 Å². The highest BCUT2D eigenvalue weighted by molar-refractivity contribution is 5.97. The van der Waals surface area contributed by atoms with Gasteiger partial charge in [0.1, 0.15) is 5.84 Å². The minimum atomic E-state index is 0.650. The summed E-state index contributed by atoms with van der Waals surface area (Å²) in [6, 6.07) is 8.58. The Hall–Kier alpha value is -1.57. The Kier molecular flexibility index (Phi) is 3.97. The molecule has 2 rings (SSSR count). The number of allylic oxidation sites excluding steroid dienone is 1. The fraction of sp³-hybridized carbons (Fsp3) is 0.400. The highest BCUT2D eigenvalue weighted by Crippen LogP contribution is 2.33. The number of anilines is 1. The molecule has 1 aliphatic heterocycles. The number of para-hydroxylation sites is 1. The van der Waals surface area contributed by atoms with Gasteiger partial charge >= 0.3 is 0 Å². The predicted octanol–water partition coefficient (Wildman–Crippen LogP) is 4.32. The molecule has 0 bridgehead atoms. The average molecular weight is 228 g/mol. The molecule has 0 fully saturated rings. The van der Waals surface area contributed by atoms with Crippen molar-refractivity contribution in [3.8, 4) is 0 Å². The summed E-state index contributed by atoms with van der Waals surface area (Å²) in [5.41, 5.74) is 2.65. The molecule has 1 aliphatic rings. The number of nitrogens with zero attached hydrogens (tertiary/aromatic N) is 1. The highest BCUT2D eigenvalue weighted by Gasteiger charge is 2.18. The zero-order valence-electron chi connectivity index (χ0n) is 10.6. The van der Waals surface area contributed by atoms with Crippen LogP contribution in [0, 0.1) is 0 Å². The van der Waals surface area contributed by atoms with Crippen LogP contribution in [-0.2, 0) is 0 Å². The van der Waals surface area contributed by atoms with Crippen molar-refractivity contribution in [2.75, 3.05) is 5.32 Å². The van der Waals surface area contributed by atoms with Crippen molar-refractivity contribution >= 4 is 11.5 Å². The number of amidine groups is 1. The van der Waals surface area contributed by atoms with Crippen LogP contribution in [0.5, 0.6) is 0 Å². The fourth-order valence-electron chi connectivity index (χ4n) is 2.34. The Bertz CT molecular complexity index is 432. The first-order valence-corrected chi connectivity index (χ1v) is 6.39. The highest BCUT2D eigenvalue weighted by atomic mass is 15.0. The number of aliphatic imine (C=N–C) groups is 1. The predicted molar refractivity (Wildman–Crippen MR) is 74.6 cm³/mol. The Morgan fingerprint density at radius 1 is 1.41 bits per heavy atom. The van der Waals surface area contributed by atoms with Crippen molar-refractivity contribution < 1.29 is 0 Å². The summed E-state index contributed by atoms with van der Waals surface area (Å²) in [4.78, 5) is 4.45. The SMILES string of the molecule is C/C=C\N=C1\CCC(CC)c2ccccc2N1. The van der Waals surface area contributed by atoms with Gasteiger partial charge in [0.2, 0.25) is 0 Å². The molecule has 0 saturated carbocycles. The molecule has 0 aromatic heterocycles. The zero-order valence-corrected chi connectivity index (χ0v) is 10.6. The molecule has 2 heteroatoms. The molecule has 1 aromatic carbocycles. The third-order valence-corrected chi connectivity index (χ3v) is 3.28. The van der Waals surface area contributed by atoms with Crippen LogP contribution in [0.3, 0.4) is 0 Å². The van der Waals surface area contributed by atoms with E-state index < -0.39 is 0 Å². The third kappa shape index (κ3) is 2.76. The molecular formula is C15H20N2. The molecular weight excluding hydrogens is 208 g/mol. The van der Waals surface area contributed by atoms with Gasteiger partial charge in [0.05, 0.1) is 0 Å². The van der Waals surface area contributed by atoms with E-state index in [9.17, 15) is 0 Å². The molecule has 1 unspecified atom stereocenters. The van der Waals surface area contributed by atoms with Crippen LogP contribution < -0.4 is 5.32 Å². The minimum absolute atomic E-state index is 0.650. The summed E-state index contributed by atoms with van der Waals surface area (Å²) in [5, 5.41) is 3.46. The first-order chi connectivity index (χ1) is 8.35. The quantitative estimate of drug-likeness (QED) is 0.801. The molecule has 0 radical (unpaired) electrons. The smallest absolute Gasteiger partial charge is 0.106 e. The lowest BCUT2D eigenvalue weighted by Crippen LogP contribution is -2.09. The van der Waals surface area contributed by atoms with Crippen molar-refractivity contribution in [3.05, 3.63) is 42.1 Å². The molecule has 1 heterocycles. The van der Waals surface area contributed by atoms with Crippen molar-refractivity contribution in [1.29, 1.82) is 0 Å². The molecule has 1 atom stereocenters. The van der Waals surface area contributed by atoms with Crippen LogP contribution in [0.25, 0.3) is 0 Å². The van der Waals surface area contributed by atoms with Gasteiger partial charge in [-0.25, -0.2) is 4.99 Å². The molecule has 0 aliphatic carbocycles. The molecule has 0 saturated heterocycles. The van der Waals surface area contributed by atoms with Gasteiger partial charge in [0.15, 0.2) is 0 Å². The maximum absolute atomic E-state index is 4.45. The lowest BCUT2D eigenvalue weighted by atomic mass is 9.92. The number of benzene rings is 1. The summed E-state index contributed by atoms with van der Waals surface area (Å²) < 4.78 is 0. The molecule has 0 spiro atoms. The van der Waals surface area contributed by atoms with Gasteiger partial charge in [0, 0.05) is 18.3 Å². The van der Waals surface area contributed by atoms with E-state index in [2.05, 4.69) is 41.5 Å². The summed E-state index contributed by atoms with van der Waals surface area (Å²) in [5.74, 6) is 1.73. The normalized spacial score (nSPS) is 22.2. The summed E-state index contributed by atoms with van der Waals surface area (Å²) in [6.45, 7) is 4.25. The van der Waals surface area contributed by atoms with E-state index in [0.29, 0.717) is 5.92 Å². The van der Waals surface area contributed by atoms with Gasteiger partial charge in [-0.1, -0.05) is 31.2 Å². The second kappa shape index (κ2) is 5.67. The van der Waals surface area contributed by atoms with E-state index in [1.807, 2.05) is 19.2 Å². The summed E-state index contributed by atoms with van der Waals surface area (Å²) >= 11 is 0. The zero-order chi connectivity index (χ0) is 12.1. The monoisotopic (exact) mass is 228 g/mol. The largest absolute Gasteiger partial charge is 0.344 e. The second-order valence-electron chi connectivity index (χ2n) is 4.41. The number of rotatable bonds is 2. The van der Waals surface area contributed by atoms with E-state index in [4.69, 9.17) is 0 Å². The standard InChI is InChI=1S/C15H20N2/c1-3-11-16-15-10-9-12(4-2)13-7-5-6-8-14(13)17-15/h3,5-8,11-12H,4,9-10H2,1-2H3,(H,16,17)/b11-3-. The fourth-order valence-corrected chi connectivity index (χ4v) is 2.34. The molecule has 1 N–H and O–H groups in total. The van der Waals surface area contributed by atoms with Crippen molar-refractivity contribution in [1.82, 2.24) is 0 Å². The third-order valence-electron chi connectivity index (χ3n) is 3.28. The summed E-state index contributed by atoms with van der Waals surface area (Å²) in [7, 11) is 0. The van der Waals surface area contributed by atoms with E-state index in [-0.39, 0.29) is 0 Å². The van der Waals surface area contributed by atoms with Gasteiger partial charge in [-0.2, -0.15) is 0 Å². The number of fused-ring (bicyclic) bond motifs is 1. The lowest BCUT2D eigenvalue weighted by molar-refractivity contribution is 0.628. The van der Waals surface area contributed by atoms with Crippen molar-refractivity contribution in [2.24, 2.45) is 4.99 Å². The Morgan fingerprint density at radius 3 is 3.00 bits per heavy atom. The van der Waals surface area contributed by atoms with Crippen LogP contribution in [-0.4, -0.2) is 5.84 Å². The van der Waals surface area contributed by atoms with E-state index in [1.165, 1.54) is 24.1 Å². The molecule has 2 nitrogen and oxygen atoms in total. The molecule has 17 heavy (non-hydrogen) atoms. The van der Waals surface area contributed by atoms with E-state index >= 15 is 0 Å². The number of hydrogen-bond acceptors (Lipinski definition) is 1. The van der Waals surface area contributed by atoms with Crippen LogP contribution in [0.2, 0.25) is 0 Å². The van der Waals surface area contributed by atoms with Crippen molar-refractivity contribution in [2.45, 2.75) is 39.0 Å². The number of nitrogens with one attached hydrogen (secondary N) is 1. The van der Waals surface area contributed by atoms with Crippen LogP contribution in [0.1, 0.15) is 44.6 Å². The lowest BCUT2D eigenvalue weighted by Gasteiger charge is -2.14. The minimum Gasteiger partial charge on any atom is -0.344 e. The Balaban J connectivity index is 2.32. The van der Waals surface area contributed by atoms with Gasteiger partial charge in [-0.15, -0.1) is 0 Å². The maximum Gasteiger partial charge on any atom is 0.106 e. The Morgan fingerprint density at radius 2 is 2.24 bits per heavy atom. The average Bonchev–Trinajstić information content (AvgIpc) is 2.55. The Labute approximate surface area is 103 Å². The van der Waals surface area contributed by atoms with Crippen LogP contribution in [0.4, 0.5) is 5.69 Å². The second-order valence-corrected chi connectivity index (χ2v) is 4.41. The van der Waals surface area contributed by atoms with Crippen molar-refractivity contribution in [3.63, 3.8) is 0 Å². The topological polar surface area (TPSA) is 24.4 Å². The number of hydrogen-bond donors (Lipinski definition) is 1. The first-order valence-electron chi connectivity index (χ1n) is 6.39. The van der Waals surface area contributed by atoms with Crippen LogP contribution in [0.15, 0.2) is 41.5 Å². The van der Waals surface area contributed by atoms with Gasteiger partial charge in [-0.3, -0.25) is 0 Å².